The monoisotopic (exact) mass is 342 g/mol. The first-order chi connectivity index (χ1) is 10.1. The normalized spacial score (nSPS) is 18.1. The molecule has 0 aliphatic carbocycles. The Morgan fingerprint density at radius 2 is 2.14 bits per heavy atom. The Hall–Kier alpha value is -1.56. The quantitative estimate of drug-likeness (QED) is 0.921. The summed E-state index contributed by atoms with van der Waals surface area (Å²) in [5.74, 6) is -0.0990. The lowest BCUT2D eigenvalue weighted by molar-refractivity contribution is -0.142. The summed E-state index contributed by atoms with van der Waals surface area (Å²) < 4.78 is 5.32. The third-order valence-corrected chi connectivity index (χ3v) is 3.96. The van der Waals surface area contributed by atoms with Gasteiger partial charge in [0, 0.05) is 16.7 Å². The number of carboxylic acid groups (broad SMARTS) is 1. The zero-order valence-electron chi connectivity index (χ0n) is 11.7. The maximum Gasteiger partial charge on any atom is 0.320 e. The van der Waals surface area contributed by atoms with Crippen molar-refractivity contribution in [3.05, 3.63) is 41.1 Å². The largest absolute Gasteiger partial charge is 0.480 e. The summed E-state index contributed by atoms with van der Waals surface area (Å²) >= 11 is 5.86. The third-order valence-electron chi connectivity index (χ3n) is 3.71. The highest BCUT2D eigenvalue weighted by Crippen LogP contribution is 2.24. The first-order valence-corrected chi connectivity index (χ1v) is 7.19. The fourth-order valence-electron chi connectivity index (χ4n) is 2.64. The third kappa shape index (κ3) is 3.61. The molecular weight excluding hydrogens is 327 g/mol. The fraction of sp³-hybridized carbons (Fsp3) is 0.333. The Balaban J connectivity index is 0.00000176. The predicted molar refractivity (Wildman–Crippen MR) is 85.3 cm³/mol. The van der Waals surface area contributed by atoms with Crippen LogP contribution in [0.25, 0.3) is 11.3 Å². The van der Waals surface area contributed by atoms with Gasteiger partial charge in [-0.05, 0) is 31.5 Å². The van der Waals surface area contributed by atoms with Crippen LogP contribution in [0.4, 0.5) is 0 Å². The summed E-state index contributed by atoms with van der Waals surface area (Å²) in [6.07, 6.45) is 1.59. The van der Waals surface area contributed by atoms with Crippen LogP contribution in [0, 0.1) is 0 Å². The molecule has 0 saturated carbocycles. The fourth-order valence-corrected chi connectivity index (χ4v) is 2.77. The molecule has 0 radical (unpaired) electrons. The molecule has 1 aromatic carbocycles. The van der Waals surface area contributed by atoms with Crippen LogP contribution in [-0.2, 0) is 11.3 Å². The molecule has 0 amide bonds. The SMILES string of the molecule is Cl.O=C(O)[C@H]1CCCN1Cc1cc(-c2ccc(Cl)cc2)no1. The molecule has 0 spiro atoms. The Bertz CT molecular complexity index is 642. The number of likely N-dealkylation sites (tertiary alicyclic amines) is 1. The molecule has 0 unspecified atom stereocenters. The molecule has 118 valence electrons. The second kappa shape index (κ2) is 7.13. The standard InChI is InChI=1S/C15H15ClN2O3.ClH/c16-11-5-3-10(4-6-11)13-8-12(21-17-13)9-18-7-1-2-14(18)15(19)20;/h3-6,8,14H,1-2,7,9H2,(H,19,20);1H/t14-;/m1./s1. The Morgan fingerprint density at radius 1 is 1.41 bits per heavy atom. The van der Waals surface area contributed by atoms with E-state index in [0.717, 1.165) is 24.2 Å². The minimum absolute atomic E-state index is 0. The van der Waals surface area contributed by atoms with Crippen molar-refractivity contribution in [2.45, 2.75) is 25.4 Å². The molecule has 1 saturated heterocycles. The highest BCUT2D eigenvalue weighted by Gasteiger charge is 2.31. The summed E-state index contributed by atoms with van der Waals surface area (Å²) in [7, 11) is 0. The number of aromatic nitrogens is 1. The van der Waals surface area contributed by atoms with E-state index in [2.05, 4.69) is 5.16 Å². The van der Waals surface area contributed by atoms with Crippen LogP contribution in [0.1, 0.15) is 18.6 Å². The number of halogens is 2. The number of carboxylic acids is 1. The second-order valence-electron chi connectivity index (χ2n) is 5.15. The molecule has 5 nitrogen and oxygen atoms in total. The van der Waals surface area contributed by atoms with E-state index >= 15 is 0 Å². The van der Waals surface area contributed by atoms with Gasteiger partial charge in [-0.2, -0.15) is 0 Å². The maximum atomic E-state index is 11.2. The van der Waals surface area contributed by atoms with Crippen LogP contribution in [0.2, 0.25) is 5.02 Å². The van der Waals surface area contributed by atoms with Gasteiger partial charge in [0.15, 0.2) is 5.76 Å². The van der Waals surface area contributed by atoms with Crippen molar-refractivity contribution in [3.8, 4) is 11.3 Å². The highest BCUT2D eigenvalue weighted by molar-refractivity contribution is 6.30. The zero-order chi connectivity index (χ0) is 14.8. The van der Waals surface area contributed by atoms with Gasteiger partial charge in [0.2, 0.25) is 0 Å². The highest BCUT2D eigenvalue weighted by atomic mass is 35.5. The Labute approximate surface area is 139 Å². The second-order valence-corrected chi connectivity index (χ2v) is 5.59. The van der Waals surface area contributed by atoms with Gasteiger partial charge in [0.05, 0.1) is 6.54 Å². The van der Waals surface area contributed by atoms with Gasteiger partial charge in [-0.3, -0.25) is 9.69 Å². The van der Waals surface area contributed by atoms with Crippen molar-refractivity contribution >= 4 is 30.0 Å². The minimum Gasteiger partial charge on any atom is -0.480 e. The average molecular weight is 343 g/mol. The smallest absolute Gasteiger partial charge is 0.320 e. The Kier molecular flexibility index (Phi) is 5.45. The van der Waals surface area contributed by atoms with E-state index in [-0.39, 0.29) is 12.4 Å². The molecule has 2 aromatic rings. The molecule has 7 heteroatoms. The van der Waals surface area contributed by atoms with Gasteiger partial charge in [-0.25, -0.2) is 0 Å². The van der Waals surface area contributed by atoms with Gasteiger partial charge in [-0.15, -0.1) is 12.4 Å². The number of carbonyl (C=O) groups is 1. The summed E-state index contributed by atoms with van der Waals surface area (Å²) in [5, 5.41) is 13.9. The van der Waals surface area contributed by atoms with Crippen LogP contribution in [0.5, 0.6) is 0 Å². The molecule has 1 fully saturated rings. The van der Waals surface area contributed by atoms with Crippen LogP contribution in [-0.4, -0.2) is 33.7 Å². The summed E-state index contributed by atoms with van der Waals surface area (Å²) in [6, 6.07) is 8.77. The zero-order valence-corrected chi connectivity index (χ0v) is 13.3. The maximum absolute atomic E-state index is 11.2. The van der Waals surface area contributed by atoms with Gasteiger partial charge in [0.25, 0.3) is 0 Å². The summed E-state index contributed by atoms with van der Waals surface area (Å²) in [4.78, 5) is 13.1. The number of hydrogen-bond acceptors (Lipinski definition) is 4. The number of aliphatic carboxylic acids is 1. The molecule has 1 N–H and O–H groups in total. The van der Waals surface area contributed by atoms with Crippen molar-refractivity contribution in [2.24, 2.45) is 0 Å². The molecule has 1 atom stereocenters. The Morgan fingerprint density at radius 3 is 2.82 bits per heavy atom. The van der Waals surface area contributed by atoms with Crippen molar-refractivity contribution in [2.75, 3.05) is 6.54 Å². The van der Waals surface area contributed by atoms with Crippen molar-refractivity contribution < 1.29 is 14.4 Å². The van der Waals surface area contributed by atoms with E-state index < -0.39 is 12.0 Å². The molecule has 2 heterocycles. The van der Waals surface area contributed by atoms with E-state index in [1.165, 1.54) is 0 Å². The molecule has 0 bridgehead atoms. The van der Waals surface area contributed by atoms with Gasteiger partial charge in [-0.1, -0.05) is 28.9 Å². The molecular formula is C15H16Cl2N2O3. The number of rotatable bonds is 4. The summed E-state index contributed by atoms with van der Waals surface area (Å²) in [5.41, 5.74) is 1.65. The van der Waals surface area contributed by atoms with Gasteiger partial charge < -0.3 is 9.63 Å². The van der Waals surface area contributed by atoms with Gasteiger partial charge in [0.1, 0.15) is 11.7 Å². The minimum atomic E-state index is -0.773. The van der Waals surface area contributed by atoms with E-state index in [0.29, 0.717) is 23.7 Å². The molecule has 1 aliphatic heterocycles. The van der Waals surface area contributed by atoms with E-state index in [1.807, 2.05) is 23.1 Å². The first-order valence-electron chi connectivity index (χ1n) is 6.82. The van der Waals surface area contributed by atoms with E-state index in [9.17, 15) is 9.90 Å². The molecule has 22 heavy (non-hydrogen) atoms. The van der Waals surface area contributed by atoms with Gasteiger partial charge >= 0.3 is 5.97 Å². The predicted octanol–water partition coefficient (Wildman–Crippen LogP) is 3.47. The number of benzene rings is 1. The molecule has 1 aromatic heterocycles. The van der Waals surface area contributed by atoms with E-state index in [1.54, 1.807) is 12.1 Å². The van der Waals surface area contributed by atoms with Crippen LogP contribution >= 0.6 is 24.0 Å². The van der Waals surface area contributed by atoms with Crippen molar-refractivity contribution in [1.29, 1.82) is 0 Å². The van der Waals surface area contributed by atoms with Crippen molar-refractivity contribution in [3.63, 3.8) is 0 Å². The van der Waals surface area contributed by atoms with Crippen molar-refractivity contribution in [1.82, 2.24) is 10.1 Å². The van der Waals surface area contributed by atoms with Crippen LogP contribution < -0.4 is 0 Å². The number of nitrogens with zero attached hydrogens (tertiary/aromatic N) is 2. The number of hydrogen-bond donors (Lipinski definition) is 1. The average Bonchev–Trinajstić information content (AvgIpc) is 3.09. The first kappa shape index (κ1) is 16.8. The van der Waals surface area contributed by atoms with E-state index in [4.69, 9.17) is 16.1 Å². The lowest BCUT2D eigenvalue weighted by Crippen LogP contribution is -2.35. The molecule has 1 aliphatic rings. The summed E-state index contributed by atoms with van der Waals surface area (Å²) in [6.45, 7) is 1.24. The topological polar surface area (TPSA) is 66.6 Å². The van der Waals surface area contributed by atoms with Crippen LogP contribution in [0.3, 0.4) is 0 Å². The van der Waals surface area contributed by atoms with Crippen LogP contribution in [0.15, 0.2) is 34.9 Å². The lowest BCUT2D eigenvalue weighted by atomic mass is 10.1. The molecule has 3 rings (SSSR count). The lowest BCUT2D eigenvalue weighted by Gasteiger charge is -2.18.